The second-order valence-electron chi connectivity index (χ2n) is 9.94. The van der Waals surface area contributed by atoms with E-state index < -0.39 is 47.4 Å². The van der Waals surface area contributed by atoms with Crippen LogP contribution in [0.3, 0.4) is 0 Å². The van der Waals surface area contributed by atoms with Gasteiger partial charge in [0.05, 0.1) is 6.54 Å². The summed E-state index contributed by atoms with van der Waals surface area (Å²) in [5, 5.41) is 31.4. The number of amides is 3. The van der Waals surface area contributed by atoms with Gasteiger partial charge in [0.25, 0.3) is 11.8 Å². The average molecular weight is 666 g/mol. The SMILES string of the molecule is C=CCn1nnnc1SCC1=C(C(=O)O)N2C(=O)C(NC(=O)/C(=N\OCC(=O)OC(C)(C)C)c3csc(NC=O)n3)[C@H]2SC1. The van der Waals surface area contributed by atoms with Crippen LogP contribution in [0.15, 0.2) is 39.6 Å². The van der Waals surface area contributed by atoms with Crippen molar-refractivity contribution in [2.24, 2.45) is 5.16 Å². The highest BCUT2D eigenvalue weighted by Crippen LogP contribution is 2.41. The van der Waals surface area contributed by atoms with Crippen LogP contribution in [0.5, 0.6) is 0 Å². The molecule has 2 aliphatic rings. The van der Waals surface area contributed by atoms with Crippen LogP contribution in [0, 0.1) is 0 Å². The van der Waals surface area contributed by atoms with E-state index in [0.29, 0.717) is 23.7 Å². The Balaban J connectivity index is 1.48. The van der Waals surface area contributed by atoms with Crippen molar-refractivity contribution in [3.05, 3.63) is 35.0 Å². The lowest BCUT2D eigenvalue weighted by Gasteiger charge is -2.49. The summed E-state index contributed by atoms with van der Waals surface area (Å²) in [6.45, 7) is 8.43. The minimum Gasteiger partial charge on any atom is -0.477 e. The van der Waals surface area contributed by atoms with Crippen LogP contribution in [0.2, 0.25) is 0 Å². The lowest BCUT2D eigenvalue weighted by Crippen LogP contribution is -2.71. The van der Waals surface area contributed by atoms with E-state index in [0.717, 1.165) is 16.2 Å². The normalized spacial score (nSPS) is 18.2. The molecule has 0 aliphatic carbocycles. The molecule has 1 fully saturated rings. The first kappa shape index (κ1) is 32.6. The van der Waals surface area contributed by atoms with Gasteiger partial charge in [-0.1, -0.05) is 23.0 Å². The van der Waals surface area contributed by atoms with Gasteiger partial charge in [-0.15, -0.1) is 34.8 Å². The molecule has 0 saturated carbocycles. The molecule has 2 aromatic rings. The number of allylic oxidation sites excluding steroid dienone is 1. The number of carboxylic acid groups (broad SMARTS) is 1. The number of fused-ring (bicyclic) bond motifs is 1. The van der Waals surface area contributed by atoms with Crippen LogP contribution in [0.1, 0.15) is 26.5 Å². The third kappa shape index (κ3) is 7.61. The van der Waals surface area contributed by atoms with Crippen molar-refractivity contribution in [2.75, 3.05) is 23.4 Å². The van der Waals surface area contributed by atoms with E-state index >= 15 is 0 Å². The van der Waals surface area contributed by atoms with Crippen molar-refractivity contribution >= 4 is 75.9 Å². The minimum absolute atomic E-state index is 0.00481. The Morgan fingerprint density at radius 1 is 1.34 bits per heavy atom. The quantitative estimate of drug-likeness (QED) is 0.0475. The molecule has 2 atom stereocenters. The van der Waals surface area contributed by atoms with Gasteiger partial charge in [-0.3, -0.25) is 19.3 Å². The maximum atomic E-state index is 13.3. The Bertz CT molecular complexity index is 1530. The molecule has 234 valence electrons. The first-order chi connectivity index (χ1) is 20.9. The molecular weight excluding hydrogens is 639 g/mol. The number of rotatable bonds is 14. The molecule has 3 N–H and O–H groups in total. The zero-order valence-corrected chi connectivity index (χ0v) is 26.0. The first-order valence-corrected chi connectivity index (χ1v) is 15.6. The van der Waals surface area contributed by atoms with Crippen molar-refractivity contribution < 1.29 is 38.7 Å². The predicted molar refractivity (Wildman–Crippen MR) is 159 cm³/mol. The lowest BCUT2D eigenvalue weighted by molar-refractivity contribution is -0.160. The van der Waals surface area contributed by atoms with E-state index in [1.807, 2.05) is 0 Å². The largest absolute Gasteiger partial charge is 0.477 e. The van der Waals surface area contributed by atoms with Crippen molar-refractivity contribution in [1.82, 2.24) is 35.4 Å². The van der Waals surface area contributed by atoms with Crippen LogP contribution in [0.25, 0.3) is 0 Å². The molecule has 1 saturated heterocycles. The number of thioether (sulfide) groups is 2. The molecule has 44 heavy (non-hydrogen) atoms. The van der Waals surface area contributed by atoms with Gasteiger partial charge in [-0.25, -0.2) is 19.3 Å². The second kappa shape index (κ2) is 14.0. The van der Waals surface area contributed by atoms with Crippen molar-refractivity contribution in [3.63, 3.8) is 0 Å². The molecule has 2 aliphatic heterocycles. The van der Waals surface area contributed by atoms with Crippen LogP contribution >= 0.6 is 34.9 Å². The van der Waals surface area contributed by atoms with Crippen LogP contribution in [-0.2, 0) is 40.1 Å². The summed E-state index contributed by atoms with van der Waals surface area (Å²) >= 11 is 3.50. The number of hydrogen-bond acceptors (Lipinski definition) is 15. The van der Waals surface area contributed by atoms with Crippen LogP contribution < -0.4 is 10.6 Å². The number of aromatic nitrogens is 5. The summed E-state index contributed by atoms with van der Waals surface area (Å²) in [4.78, 5) is 72.0. The minimum atomic E-state index is -1.29. The van der Waals surface area contributed by atoms with E-state index in [1.165, 1.54) is 33.6 Å². The Labute approximate surface area is 262 Å². The number of aliphatic carboxylic acids is 1. The number of β-lactam (4-membered cyclic amide) rings is 1. The van der Waals surface area contributed by atoms with Gasteiger partial charge in [0, 0.05) is 16.9 Å². The number of oxime groups is 1. The van der Waals surface area contributed by atoms with E-state index in [1.54, 1.807) is 26.8 Å². The standard InChI is InChI=1S/C24H27N9O8S3/c1-5-6-32-23(28-30-31-32)44-9-12-8-42-20-16(19(37)33(20)17(12)21(38)39)27-18(36)15(13-10-43-22(26-13)25-11-34)29-40-7-14(35)41-24(2,3)4/h5,10-11,16,20H,1,6-9H2,2-4H3,(H,27,36)(H,38,39)(H,25,26,34)/b29-15-/t16?,20-/m1/s1. The average Bonchev–Trinajstić information content (AvgIpc) is 3.61. The van der Waals surface area contributed by atoms with Crippen LogP contribution in [0.4, 0.5) is 5.13 Å². The number of hydrogen-bond donors (Lipinski definition) is 3. The molecule has 2 aromatic heterocycles. The smallest absolute Gasteiger partial charge is 0.352 e. The Morgan fingerprint density at radius 2 is 2.11 bits per heavy atom. The molecule has 0 bridgehead atoms. The predicted octanol–water partition coefficient (Wildman–Crippen LogP) is 0.477. The van der Waals surface area contributed by atoms with Gasteiger partial charge in [0.2, 0.25) is 18.2 Å². The number of nitrogens with one attached hydrogen (secondary N) is 2. The molecule has 0 radical (unpaired) electrons. The highest BCUT2D eigenvalue weighted by Gasteiger charge is 2.54. The fraction of sp³-hybridized carbons (Fsp3) is 0.417. The topological polar surface area (TPSA) is 220 Å². The van der Waals surface area contributed by atoms with Gasteiger partial charge >= 0.3 is 11.9 Å². The van der Waals surface area contributed by atoms with E-state index in [9.17, 15) is 29.1 Å². The Hall–Kier alpha value is -4.30. The number of thiazole rings is 1. The van der Waals surface area contributed by atoms with Crippen LogP contribution in [-0.4, -0.2) is 106 Å². The summed E-state index contributed by atoms with van der Waals surface area (Å²) in [6.07, 6.45) is 2.03. The van der Waals surface area contributed by atoms with E-state index in [-0.39, 0.29) is 33.7 Å². The molecule has 0 aromatic carbocycles. The first-order valence-electron chi connectivity index (χ1n) is 12.7. The maximum absolute atomic E-state index is 13.3. The molecule has 3 amide bonds. The summed E-state index contributed by atoms with van der Waals surface area (Å²) in [5.41, 5.74) is -0.819. The number of carboxylic acids is 1. The third-order valence-electron chi connectivity index (χ3n) is 5.62. The fourth-order valence-corrected chi connectivity index (χ4v) is 6.94. The summed E-state index contributed by atoms with van der Waals surface area (Å²) < 4.78 is 6.67. The monoisotopic (exact) mass is 665 g/mol. The molecule has 0 spiro atoms. The van der Waals surface area contributed by atoms with Crippen molar-refractivity contribution in [2.45, 2.75) is 49.5 Å². The van der Waals surface area contributed by atoms with E-state index in [4.69, 9.17) is 9.57 Å². The number of nitrogens with zero attached hydrogens (tertiary/aromatic N) is 7. The molecule has 20 heteroatoms. The number of anilines is 1. The number of tetrazole rings is 1. The van der Waals surface area contributed by atoms with Gasteiger partial charge in [0.15, 0.2) is 10.8 Å². The van der Waals surface area contributed by atoms with Crippen molar-refractivity contribution in [3.8, 4) is 0 Å². The molecular formula is C24H27N9O8S3. The fourth-order valence-electron chi connectivity index (χ4n) is 3.92. The van der Waals surface area contributed by atoms with Crippen molar-refractivity contribution in [1.29, 1.82) is 0 Å². The zero-order valence-electron chi connectivity index (χ0n) is 23.6. The van der Waals surface area contributed by atoms with Gasteiger partial charge < -0.3 is 25.3 Å². The number of esters is 1. The number of carbonyl (C=O) groups is 5. The van der Waals surface area contributed by atoms with Gasteiger partial charge in [-0.05, 0) is 36.8 Å². The Morgan fingerprint density at radius 3 is 2.80 bits per heavy atom. The number of ether oxygens (including phenoxy) is 1. The maximum Gasteiger partial charge on any atom is 0.352 e. The van der Waals surface area contributed by atoms with Gasteiger partial charge in [0.1, 0.15) is 28.4 Å². The highest BCUT2D eigenvalue weighted by molar-refractivity contribution is 8.01. The summed E-state index contributed by atoms with van der Waals surface area (Å²) in [6, 6.07) is -1.08. The lowest BCUT2D eigenvalue weighted by atomic mass is 10.0. The third-order valence-corrected chi connectivity index (χ3v) is 8.77. The summed E-state index contributed by atoms with van der Waals surface area (Å²) in [5.74, 6) is -3.04. The number of carbonyl (C=O) groups excluding carboxylic acids is 4. The zero-order chi connectivity index (χ0) is 32.0. The molecule has 4 heterocycles. The highest BCUT2D eigenvalue weighted by atomic mass is 32.2. The molecule has 1 unspecified atom stereocenters. The molecule has 4 rings (SSSR count). The van der Waals surface area contributed by atoms with E-state index in [2.05, 4.69) is 42.9 Å². The molecule has 17 nitrogen and oxygen atoms in total. The summed E-state index contributed by atoms with van der Waals surface area (Å²) in [7, 11) is 0. The van der Waals surface area contributed by atoms with Gasteiger partial charge in [-0.2, -0.15) is 0 Å². The Kier molecular flexibility index (Phi) is 10.4. The second-order valence-corrected chi connectivity index (χ2v) is 12.8.